The lowest BCUT2D eigenvalue weighted by atomic mass is 9.93. The van der Waals surface area contributed by atoms with Crippen LogP contribution in [0, 0.1) is 17.5 Å². The molecular formula is C13H16F3NO. The maximum absolute atomic E-state index is 13.0. The van der Waals surface area contributed by atoms with E-state index in [1.165, 1.54) is 0 Å². The van der Waals surface area contributed by atoms with Gasteiger partial charge in [-0.3, -0.25) is 0 Å². The summed E-state index contributed by atoms with van der Waals surface area (Å²) in [6.45, 7) is 0.300. The van der Waals surface area contributed by atoms with Crippen molar-refractivity contribution in [3.8, 4) is 0 Å². The highest BCUT2D eigenvalue weighted by Gasteiger charge is 2.19. The van der Waals surface area contributed by atoms with E-state index in [-0.39, 0.29) is 12.1 Å². The molecule has 0 heterocycles. The Morgan fingerprint density at radius 2 is 1.61 bits per heavy atom. The second kappa shape index (κ2) is 5.71. The van der Waals surface area contributed by atoms with E-state index in [9.17, 15) is 18.3 Å². The molecule has 0 spiro atoms. The van der Waals surface area contributed by atoms with Crippen molar-refractivity contribution >= 4 is 0 Å². The molecule has 0 aliphatic heterocycles. The number of hydrogen-bond acceptors (Lipinski definition) is 2. The molecule has 2 nitrogen and oxygen atoms in total. The van der Waals surface area contributed by atoms with Crippen LogP contribution in [0.4, 0.5) is 13.2 Å². The third-order valence-corrected chi connectivity index (χ3v) is 3.34. The summed E-state index contributed by atoms with van der Waals surface area (Å²) in [6.07, 6.45) is 2.93. The minimum absolute atomic E-state index is 0.233. The number of halogens is 3. The summed E-state index contributed by atoms with van der Waals surface area (Å²) in [4.78, 5) is 0. The van der Waals surface area contributed by atoms with Gasteiger partial charge in [0.05, 0.1) is 6.10 Å². The minimum Gasteiger partial charge on any atom is -0.393 e. The first-order valence-electron chi connectivity index (χ1n) is 6.11. The molecule has 0 atom stereocenters. The van der Waals surface area contributed by atoms with E-state index in [0.717, 1.165) is 37.8 Å². The summed E-state index contributed by atoms with van der Waals surface area (Å²) in [6, 6.07) is 2.25. The predicted molar refractivity (Wildman–Crippen MR) is 61.4 cm³/mol. The lowest BCUT2D eigenvalue weighted by Gasteiger charge is -2.26. The maximum Gasteiger partial charge on any atom is 0.194 e. The molecule has 0 aromatic heterocycles. The normalized spacial score (nSPS) is 24.2. The first-order valence-corrected chi connectivity index (χ1v) is 6.11. The van der Waals surface area contributed by atoms with Crippen LogP contribution < -0.4 is 5.32 Å². The van der Waals surface area contributed by atoms with E-state index in [2.05, 4.69) is 5.32 Å². The molecule has 0 saturated heterocycles. The van der Waals surface area contributed by atoms with E-state index >= 15 is 0 Å². The van der Waals surface area contributed by atoms with Crippen molar-refractivity contribution < 1.29 is 18.3 Å². The van der Waals surface area contributed by atoms with Gasteiger partial charge in [0.25, 0.3) is 0 Å². The molecule has 1 aromatic rings. The highest BCUT2D eigenvalue weighted by Crippen LogP contribution is 2.19. The molecule has 0 bridgehead atoms. The summed E-state index contributed by atoms with van der Waals surface area (Å²) in [5, 5.41) is 12.5. The smallest absolute Gasteiger partial charge is 0.194 e. The van der Waals surface area contributed by atoms with Crippen molar-refractivity contribution in [1.29, 1.82) is 0 Å². The van der Waals surface area contributed by atoms with Crippen LogP contribution in [0.5, 0.6) is 0 Å². The summed E-state index contributed by atoms with van der Waals surface area (Å²) in [5.41, 5.74) is 0.387. The van der Waals surface area contributed by atoms with Gasteiger partial charge in [0.15, 0.2) is 17.5 Å². The fraction of sp³-hybridized carbons (Fsp3) is 0.538. The fourth-order valence-electron chi connectivity index (χ4n) is 2.25. The van der Waals surface area contributed by atoms with Gasteiger partial charge in [-0.1, -0.05) is 0 Å². The average Bonchev–Trinajstić information content (AvgIpc) is 2.35. The molecule has 0 radical (unpaired) electrons. The second-order valence-corrected chi connectivity index (χ2v) is 4.76. The molecule has 0 unspecified atom stereocenters. The predicted octanol–water partition coefficient (Wildman–Crippen LogP) is 2.50. The van der Waals surface area contributed by atoms with Gasteiger partial charge in [-0.25, -0.2) is 13.2 Å². The van der Waals surface area contributed by atoms with E-state index in [4.69, 9.17) is 0 Å². The Morgan fingerprint density at radius 1 is 1.06 bits per heavy atom. The van der Waals surface area contributed by atoms with Crippen LogP contribution in [0.15, 0.2) is 12.1 Å². The molecule has 2 N–H and O–H groups in total. The summed E-state index contributed by atoms with van der Waals surface area (Å²) in [5.74, 6) is -3.75. The quantitative estimate of drug-likeness (QED) is 0.817. The van der Waals surface area contributed by atoms with Gasteiger partial charge >= 0.3 is 0 Å². The van der Waals surface area contributed by atoms with Crippen molar-refractivity contribution in [3.63, 3.8) is 0 Å². The summed E-state index contributed by atoms with van der Waals surface area (Å²) >= 11 is 0. The number of benzene rings is 1. The molecule has 5 heteroatoms. The van der Waals surface area contributed by atoms with Crippen molar-refractivity contribution in [3.05, 3.63) is 35.1 Å². The van der Waals surface area contributed by atoms with E-state index in [0.29, 0.717) is 12.1 Å². The monoisotopic (exact) mass is 259 g/mol. The van der Waals surface area contributed by atoms with Gasteiger partial charge in [0.1, 0.15) is 0 Å². The van der Waals surface area contributed by atoms with Crippen LogP contribution in [0.3, 0.4) is 0 Å². The Bertz CT molecular complexity index is 394. The van der Waals surface area contributed by atoms with Crippen molar-refractivity contribution in [2.75, 3.05) is 0 Å². The minimum atomic E-state index is -1.43. The number of hydrogen-bond donors (Lipinski definition) is 2. The molecule has 1 aliphatic rings. The van der Waals surface area contributed by atoms with Gasteiger partial charge in [-0.2, -0.15) is 0 Å². The van der Waals surface area contributed by atoms with Crippen LogP contribution in [-0.2, 0) is 6.54 Å². The summed E-state index contributed by atoms with van der Waals surface area (Å²) in [7, 11) is 0. The Balaban J connectivity index is 1.90. The Morgan fingerprint density at radius 3 is 2.17 bits per heavy atom. The average molecular weight is 259 g/mol. The van der Waals surface area contributed by atoms with Crippen LogP contribution >= 0.6 is 0 Å². The largest absolute Gasteiger partial charge is 0.393 e. The third kappa shape index (κ3) is 3.23. The molecule has 0 amide bonds. The zero-order valence-electron chi connectivity index (χ0n) is 9.93. The molecular weight excluding hydrogens is 243 g/mol. The topological polar surface area (TPSA) is 32.3 Å². The van der Waals surface area contributed by atoms with Crippen molar-refractivity contribution in [1.82, 2.24) is 5.32 Å². The van der Waals surface area contributed by atoms with E-state index in [1.807, 2.05) is 0 Å². The van der Waals surface area contributed by atoms with Gasteiger partial charge in [0.2, 0.25) is 0 Å². The van der Waals surface area contributed by atoms with Crippen LogP contribution in [-0.4, -0.2) is 17.3 Å². The molecule has 1 fully saturated rings. The Labute approximate surface area is 104 Å². The van der Waals surface area contributed by atoms with Gasteiger partial charge in [-0.05, 0) is 43.4 Å². The molecule has 18 heavy (non-hydrogen) atoms. The van der Waals surface area contributed by atoms with Gasteiger partial charge in [0, 0.05) is 12.6 Å². The number of aliphatic hydroxyl groups excluding tert-OH is 1. The molecule has 2 rings (SSSR count). The lowest BCUT2D eigenvalue weighted by molar-refractivity contribution is 0.116. The van der Waals surface area contributed by atoms with E-state index < -0.39 is 17.5 Å². The lowest BCUT2D eigenvalue weighted by Crippen LogP contribution is -2.34. The molecule has 1 aliphatic carbocycles. The van der Waals surface area contributed by atoms with E-state index in [1.54, 1.807) is 0 Å². The first-order chi connectivity index (χ1) is 8.56. The van der Waals surface area contributed by atoms with Crippen LogP contribution in [0.1, 0.15) is 31.2 Å². The van der Waals surface area contributed by atoms with Gasteiger partial charge < -0.3 is 10.4 Å². The maximum atomic E-state index is 13.0. The first kappa shape index (κ1) is 13.4. The standard InChI is InChI=1S/C13H16F3NO/c14-11-5-8(6-12(15)13(11)16)7-17-9-1-3-10(18)4-2-9/h5-6,9-10,17-18H,1-4,7H2. The van der Waals surface area contributed by atoms with Crippen LogP contribution in [0.2, 0.25) is 0 Å². The highest BCUT2D eigenvalue weighted by atomic mass is 19.2. The highest BCUT2D eigenvalue weighted by molar-refractivity contribution is 5.19. The van der Waals surface area contributed by atoms with Crippen LogP contribution in [0.25, 0.3) is 0 Å². The van der Waals surface area contributed by atoms with Crippen molar-refractivity contribution in [2.24, 2.45) is 0 Å². The van der Waals surface area contributed by atoms with Gasteiger partial charge in [-0.15, -0.1) is 0 Å². The zero-order valence-corrected chi connectivity index (χ0v) is 9.93. The number of rotatable bonds is 3. The second-order valence-electron chi connectivity index (χ2n) is 4.76. The fourth-order valence-corrected chi connectivity index (χ4v) is 2.25. The number of nitrogens with one attached hydrogen (secondary N) is 1. The Hall–Kier alpha value is -1.07. The third-order valence-electron chi connectivity index (χ3n) is 3.34. The SMILES string of the molecule is OC1CCC(NCc2cc(F)c(F)c(F)c2)CC1. The molecule has 1 saturated carbocycles. The number of aliphatic hydroxyl groups is 1. The molecule has 100 valence electrons. The molecule has 1 aromatic carbocycles. The zero-order chi connectivity index (χ0) is 13.1. The Kier molecular flexibility index (Phi) is 4.24. The summed E-state index contributed by atoms with van der Waals surface area (Å²) < 4.78 is 38.7. The van der Waals surface area contributed by atoms with Crippen molar-refractivity contribution in [2.45, 2.75) is 44.4 Å².